The van der Waals surface area contributed by atoms with E-state index < -0.39 is 6.04 Å². The maximum atomic E-state index is 13.6. The second kappa shape index (κ2) is 12.2. The van der Waals surface area contributed by atoms with Crippen LogP contribution in [0.2, 0.25) is 10.0 Å². The van der Waals surface area contributed by atoms with E-state index in [1.807, 2.05) is 63.2 Å². The molecule has 3 aromatic carbocycles. The van der Waals surface area contributed by atoms with Gasteiger partial charge in [-0.05, 0) is 54.0 Å². The molecule has 0 spiro atoms. The van der Waals surface area contributed by atoms with Crippen LogP contribution in [0.4, 0.5) is 5.69 Å². The lowest BCUT2D eigenvalue weighted by atomic mass is 10.1. The van der Waals surface area contributed by atoms with Crippen LogP contribution in [0.25, 0.3) is 10.8 Å². The normalized spacial score (nSPS) is 13.3. The van der Waals surface area contributed by atoms with E-state index >= 15 is 0 Å². The summed E-state index contributed by atoms with van der Waals surface area (Å²) in [5.74, 6) is -0.0740. The summed E-state index contributed by atoms with van der Waals surface area (Å²) in [5.41, 5.74) is 2.36. The molecule has 1 atom stereocenters. The molecule has 1 unspecified atom stereocenters. The van der Waals surface area contributed by atoms with Crippen LogP contribution in [0, 0.1) is 5.92 Å². The first kappa shape index (κ1) is 27.9. The molecular formula is C30H33Cl2N3O3. The number of anilines is 1. The number of halogens is 2. The fourth-order valence-electron chi connectivity index (χ4n) is 4.91. The first-order chi connectivity index (χ1) is 18.2. The van der Waals surface area contributed by atoms with E-state index in [9.17, 15) is 14.4 Å². The molecule has 0 aromatic heterocycles. The number of hydrogen-bond donors (Lipinski definition) is 1. The van der Waals surface area contributed by atoms with Crippen LogP contribution in [0.3, 0.4) is 0 Å². The Hall–Kier alpha value is -3.09. The molecule has 3 amide bonds. The van der Waals surface area contributed by atoms with Crippen molar-refractivity contribution in [2.45, 2.75) is 52.6 Å². The van der Waals surface area contributed by atoms with Gasteiger partial charge < -0.3 is 15.1 Å². The molecule has 0 fully saturated rings. The minimum absolute atomic E-state index is 0.0450. The molecule has 38 heavy (non-hydrogen) atoms. The molecule has 4 rings (SSSR count). The quantitative estimate of drug-likeness (QED) is 0.296. The summed E-state index contributed by atoms with van der Waals surface area (Å²) in [6.45, 7) is 7.13. The van der Waals surface area contributed by atoms with Crippen molar-refractivity contribution in [3.05, 3.63) is 75.8 Å². The van der Waals surface area contributed by atoms with Gasteiger partial charge in [0, 0.05) is 37.0 Å². The standard InChI is InChI=1S/C30H33Cl2N3O3/c1-4-25(29(37)33-17-19(2)3)35(18-20-13-14-23(31)24(32)16-20)27(36)12-7-15-34-26-11-6-9-21-8-5-10-22(28(21)26)30(34)38/h5-6,8-11,13-14,16,19,25H,4,7,12,15,17-18H2,1-3H3,(H,33,37). The predicted molar refractivity (Wildman–Crippen MR) is 154 cm³/mol. The van der Waals surface area contributed by atoms with Crippen molar-refractivity contribution < 1.29 is 14.4 Å². The van der Waals surface area contributed by atoms with Gasteiger partial charge in [0.25, 0.3) is 5.91 Å². The monoisotopic (exact) mass is 553 g/mol. The average Bonchev–Trinajstić information content (AvgIpc) is 3.17. The number of rotatable bonds is 11. The van der Waals surface area contributed by atoms with Crippen molar-refractivity contribution in [2.24, 2.45) is 5.92 Å². The highest BCUT2D eigenvalue weighted by Crippen LogP contribution is 2.37. The highest BCUT2D eigenvalue weighted by Gasteiger charge is 2.31. The van der Waals surface area contributed by atoms with Crippen molar-refractivity contribution in [3.63, 3.8) is 0 Å². The Labute approximate surface area is 233 Å². The van der Waals surface area contributed by atoms with E-state index in [1.54, 1.807) is 21.9 Å². The Balaban J connectivity index is 1.49. The zero-order valence-corrected chi connectivity index (χ0v) is 23.5. The Kier molecular flexibility index (Phi) is 8.95. The van der Waals surface area contributed by atoms with Crippen molar-refractivity contribution in [2.75, 3.05) is 18.0 Å². The Bertz CT molecular complexity index is 1350. The van der Waals surface area contributed by atoms with Gasteiger partial charge in [-0.15, -0.1) is 0 Å². The van der Waals surface area contributed by atoms with E-state index in [1.165, 1.54) is 0 Å². The first-order valence-electron chi connectivity index (χ1n) is 13.1. The first-order valence-corrected chi connectivity index (χ1v) is 13.8. The van der Waals surface area contributed by atoms with Crippen molar-refractivity contribution in [3.8, 4) is 0 Å². The van der Waals surface area contributed by atoms with Crippen molar-refractivity contribution >= 4 is 57.4 Å². The van der Waals surface area contributed by atoms with Gasteiger partial charge in [0.15, 0.2) is 0 Å². The van der Waals surface area contributed by atoms with Crippen LogP contribution >= 0.6 is 23.2 Å². The van der Waals surface area contributed by atoms with E-state index in [-0.39, 0.29) is 30.7 Å². The highest BCUT2D eigenvalue weighted by atomic mass is 35.5. The van der Waals surface area contributed by atoms with Crippen LogP contribution in [-0.2, 0) is 16.1 Å². The molecule has 0 radical (unpaired) electrons. The molecule has 0 saturated heterocycles. The predicted octanol–water partition coefficient (Wildman–Crippen LogP) is 6.47. The minimum Gasteiger partial charge on any atom is -0.354 e. The molecule has 200 valence electrons. The molecule has 1 N–H and O–H groups in total. The molecule has 1 heterocycles. The molecule has 1 aliphatic heterocycles. The number of benzene rings is 3. The highest BCUT2D eigenvalue weighted by molar-refractivity contribution is 6.42. The van der Waals surface area contributed by atoms with Crippen molar-refractivity contribution in [1.29, 1.82) is 0 Å². The summed E-state index contributed by atoms with van der Waals surface area (Å²) in [5, 5.41) is 5.78. The summed E-state index contributed by atoms with van der Waals surface area (Å²) in [6, 6.07) is 16.2. The molecule has 6 nitrogen and oxygen atoms in total. The fraction of sp³-hybridized carbons (Fsp3) is 0.367. The van der Waals surface area contributed by atoms with Gasteiger partial charge in [-0.25, -0.2) is 0 Å². The largest absolute Gasteiger partial charge is 0.354 e. The lowest BCUT2D eigenvalue weighted by Crippen LogP contribution is -2.49. The van der Waals surface area contributed by atoms with Crippen LogP contribution in [0.5, 0.6) is 0 Å². The van der Waals surface area contributed by atoms with Gasteiger partial charge >= 0.3 is 0 Å². The Morgan fingerprint density at radius 2 is 1.76 bits per heavy atom. The number of nitrogens with one attached hydrogen (secondary N) is 1. The number of amides is 3. The third kappa shape index (κ3) is 5.97. The summed E-state index contributed by atoms with van der Waals surface area (Å²) < 4.78 is 0. The lowest BCUT2D eigenvalue weighted by molar-refractivity contribution is -0.141. The van der Waals surface area contributed by atoms with Gasteiger partial charge in [-0.2, -0.15) is 0 Å². The third-order valence-corrected chi connectivity index (χ3v) is 7.57. The molecule has 0 bridgehead atoms. The van der Waals surface area contributed by atoms with Crippen LogP contribution < -0.4 is 10.2 Å². The van der Waals surface area contributed by atoms with E-state index in [0.717, 1.165) is 22.0 Å². The van der Waals surface area contributed by atoms with Crippen LogP contribution in [0.15, 0.2) is 54.6 Å². The number of carbonyl (C=O) groups is 3. The van der Waals surface area contributed by atoms with Gasteiger partial charge in [0.1, 0.15) is 6.04 Å². The molecule has 0 saturated carbocycles. The minimum atomic E-state index is -0.623. The van der Waals surface area contributed by atoms with Gasteiger partial charge in [0.2, 0.25) is 11.8 Å². The SMILES string of the molecule is CCC(C(=O)NCC(C)C)N(Cc1ccc(Cl)c(Cl)c1)C(=O)CCCN1C(=O)c2cccc3cccc1c23. The fourth-order valence-corrected chi connectivity index (χ4v) is 5.23. The second-order valence-corrected chi connectivity index (χ2v) is 10.9. The van der Waals surface area contributed by atoms with E-state index in [2.05, 4.69) is 5.32 Å². The second-order valence-electron chi connectivity index (χ2n) is 10.1. The van der Waals surface area contributed by atoms with Crippen molar-refractivity contribution in [1.82, 2.24) is 10.2 Å². The Morgan fingerprint density at radius 1 is 1.03 bits per heavy atom. The summed E-state index contributed by atoms with van der Waals surface area (Å²) >= 11 is 12.3. The molecule has 1 aliphatic rings. The number of nitrogens with zero attached hydrogens (tertiary/aromatic N) is 2. The van der Waals surface area contributed by atoms with Gasteiger partial charge in [0.05, 0.1) is 15.7 Å². The van der Waals surface area contributed by atoms with Gasteiger partial charge in [-0.1, -0.05) is 74.3 Å². The molecular weight excluding hydrogens is 521 g/mol. The summed E-state index contributed by atoms with van der Waals surface area (Å²) in [7, 11) is 0. The maximum absolute atomic E-state index is 13.6. The summed E-state index contributed by atoms with van der Waals surface area (Å²) in [4.78, 5) is 43.2. The number of carbonyl (C=O) groups excluding carboxylic acids is 3. The van der Waals surface area contributed by atoms with Gasteiger partial charge in [-0.3, -0.25) is 14.4 Å². The zero-order chi connectivity index (χ0) is 27.4. The van der Waals surface area contributed by atoms with Crippen LogP contribution in [0.1, 0.15) is 56.0 Å². The number of hydrogen-bond acceptors (Lipinski definition) is 3. The van der Waals surface area contributed by atoms with E-state index in [0.29, 0.717) is 47.5 Å². The van der Waals surface area contributed by atoms with Crippen LogP contribution in [-0.4, -0.2) is 41.8 Å². The topological polar surface area (TPSA) is 69.7 Å². The molecule has 3 aromatic rings. The molecule has 0 aliphatic carbocycles. The molecule has 8 heteroatoms. The smallest absolute Gasteiger partial charge is 0.258 e. The lowest BCUT2D eigenvalue weighted by Gasteiger charge is -2.31. The third-order valence-electron chi connectivity index (χ3n) is 6.83. The zero-order valence-electron chi connectivity index (χ0n) is 22.0. The summed E-state index contributed by atoms with van der Waals surface area (Å²) in [6.07, 6.45) is 1.14. The maximum Gasteiger partial charge on any atom is 0.258 e. The average molecular weight is 555 g/mol. The van der Waals surface area contributed by atoms with E-state index in [4.69, 9.17) is 23.2 Å². The Morgan fingerprint density at radius 3 is 2.45 bits per heavy atom.